The number of rotatable bonds is 5. The molecule has 0 aliphatic heterocycles. The maximum atomic E-state index is 15.2. The molecule has 39 heavy (non-hydrogen) atoms. The molecule has 0 atom stereocenters. The number of aldehydes is 1. The number of fused-ring (bicyclic) bond motifs is 1. The minimum absolute atomic E-state index is 0.0417. The predicted octanol–water partition coefficient (Wildman–Crippen LogP) is 4.44. The van der Waals surface area contributed by atoms with Gasteiger partial charge < -0.3 is 14.4 Å². The largest absolute Gasteiger partial charge is 0.360 e. The van der Waals surface area contributed by atoms with Crippen LogP contribution in [0.1, 0.15) is 42.5 Å². The predicted molar refractivity (Wildman–Crippen MR) is 144 cm³/mol. The van der Waals surface area contributed by atoms with Crippen LogP contribution in [0.25, 0.3) is 27.7 Å². The lowest BCUT2D eigenvalue weighted by molar-refractivity contribution is 0.112. The SMILES string of the molecule is Cc1cc(Nc2cc(-c3ccnc(-n4ncc5cc(C(C)(C)C)cc(F)c5c4=O)c3C=O)cn(C)c2=O)no1. The van der Waals surface area contributed by atoms with E-state index in [4.69, 9.17) is 4.52 Å². The van der Waals surface area contributed by atoms with Crippen molar-refractivity contribution in [3.63, 3.8) is 0 Å². The second-order valence-corrected chi connectivity index (χ2v) is 10.3. The lowest BCUT2D eigenvalue weighted by Crippen LogP contribution is -2.25. The molecule has 198 valence electrons. The van der Waals surface area contributed by atoms with E-state index in [1.165, 1.54) is 23.0 Å². The summed E-state index contributed by atoms with van der Waals surface area (Å²) in [5.74, 6) is 0.159. The van der Waals surface area contributed by atoms with Crippen molar-refractivity contribution < 1.29 is 13.7 Å². The average Bonchev–Trinajstić information content (AvgIpc) is 3.30. The van der Waals surface area contributed by atoms with Crippen LogP contribution in [0.3, 0.4) is 0 Å². The third-order valence-corrected chi connectivity index (χ3v) is 6.38. The summed E-state index contributed by atoms with van der Waals surface area (Å²) in [6, 6.07) is 7.85. The molecule has 5 aromatic rings. The van der Waals surface area contributed by atoms with Gasteiger partial charge in [0.15, 0.2) is 17.9 Å². The molecule has 0 unspecified atom stereocenters. The standard InChI is InChI=1S/C28H25FN6O4/c1-15-8-23(33-39-15)32-22-10-17(13-34(5)26(22)37)19-6-7-30-25(20(19)14-36)35-27(38)24-16(12-31-35)9-18(11-21(24)29)28(2,3)4/h6-14H,1-5H3,(H,32,33). The van der Waals surface area contributed by atoms with E-state index in [1.54, 1.807) is 44.4 Å². The number of halogens is 1. The number of nitrogens with one attached hydrogen (secondary N) is 1. The van der Waals surface area contributed by atoms with E-state index in [1.807, 2.05) is 20.8 Å². The van der Waals surface area contributed by atoms with Crippen LogP contribution >= 0.6 is 0 Å². The van der Waals surface area contributed by atoms with Gasteiger partial charge in [0.2, 0.25) is 0 Å². The molecule has 10 nitrogen and oxygen atoms in total. The van der Waals surface area contributed by atoms with Gasteiger partial charge in [-0.2, -0.15) is 9.78 Å². The number of carbonyl (C=O) groups is 1. The smallest absolute Gasteiger partial charge is 0.283 e. The van der Waals surface area contributed by atoms with Gasteiger partial charge in [0.25, 0.3) is 11.1 Å². The quantitative estimate of drug-likeness (QED) is 0.332. The van der Waals surface area contributed by atoms with E-state index in [-0.39, 0.29) is 33.4 Å². The number of carbonyl (C=O) groups excluding carboxylic acids is 1. The number of anilines is 2. The highest BCUT2D eigenvalue weighted by Crippen LogP contribution is 2.29. The summed E-state index contributed by atoms with van der Waals surface area (Å²) in [5, 5.41) is 11.2. The fourth-order valence-electron chi connectivity index (χ4n) is 4.33. The number of pyridine rings is 2. The fourth-order valence-corrected chi connectivity index (χ4v) is 4.33. The fraction of sp³-hybridized carbons (Fsp3) is 0.214. The van der Waals surface area contributed by atoms with Gasteiger partial charge in [-0.15, -0.1) is 0 Å². The van der Waals surface area contributed by atoms with Gasteiger partial charge in [-0.25, -0.2) is 9.37 Å². The summed E-state index contributed by atoms with van der Waals surface area (Å²) >= 11 is 0. The van der Waals surface area contributed by atoms with Gasteiger partial charge in [0, 0.05) is 36.5 Å². The van der Waals surface area contributed by atoms with Crippen LogP contribution < -0.4 is 16.4 Å². The van der Waals surface area contributed by atoms with Crippen molar-refractivity contribution in [1.82, 2.24) is 24.5 Å². The second kappa shape index (κ2) is 9.43. The Morgan fingerprint density at radius 1 is 1.10 bits per heavy atom. The van der Waals surface area contributed by atoms with Crippen LogP contribution in [0.5, 0.6) is 0 Å². The molecule has 0 fully saturated rings. The third-order valence-electron chi connectivity index (χ3n) is 6.38. The molecule has 1 aromatic carbocycles. The molecule has 0 bridgehead atoms. The van der Waals surface area contributed by atoms with E-state index < -0.39 is 11.4 Å². The monoisotopic (exact) mass is 528 g/mol. The van der Waals surface area contributed by atoms with E-state index >= 15 is 4.39 Å². The van der Waals surface area contributed by atoms with Gasteiger partial charge in [-0.05, 0) is 47.7 Å². The summed E-state index contributed by atoms with van der Waals surface area (Å²) in [6.07, 6.45) is 4.90. The first-order valence-corrected chi connectivity index (χ1v) is 12.1. The summed E-state index contributed by atoms with van der Waals surface area (Å²) in [4.78, 5) is 42.8. The zero-order chi connectivity index (χ0) is 28.1. The second-order valence-electron chi connectivity index (χ2n) is 10.3. The van der Waals surface area contributed by atoms with Crippen molar-refractivity contribution in [3.8, 4) is 16.9 Å². The van der Waals surface area contributed by atoms with Crippen molar-refractivity contribution in [1.29, 1.82) is 0 Å². The van der Waals surface area contributed by atoms with Crippen molar-refractivity contribution in [2.75, 3.05) is 5.32 Å². The van der Waals surface area contributed by atoms with Gasteiger partial charge >= 0.3 is 0 Å². The Hall–Kier alpha value is -4.93. The topological polar surface area (TPSA) is 125 Å². The van der Waals surface area contributed by atoms with Crippen molar-refractivity contribution >= 4 is 28.6 Å². The molecule has 4 heterocycles. The Kier molecular flexibility index (Phi) is 6.21. The third kappa shape index (κ3) is 4.63. The Morgan fingerprint density at radius 2 is 1.87 bits per heavy atom. The minimum atomic E-state index is -0.748. The molecular formula is C28H25FN6O4. The molecule has 0 spiro atoms. The maximum Gasteiger partial charge on any atom is 0.283 e. The first kappa shape index (κ1) is 25.7. The molecule has 0 aliphatic rings. The molecule has 0 radical (unpaired) electrons. The number of aryl methyl sites for hydroxylation is 2. The number of hydrogen-bond donors (Lipinski definition) is 1. The normalized spacial score (nSPS) is 11.6. The summed E-state index contributed by atoms with van der Waals surface area (Å²) in [7, 11) is 1.57. The van der Waals surface area contributed by atoms with Crippen LogP contribution in [0, 0.1) is 12.7 Å². The molecule has 11 heteroatoms. The first-order valence-electron chi connectivity index (χ1n) is 12.1. The highest BCUT2D eigenvalue weighted by Gasteiger charge is 2.21. The zero-order valence-corrected chi connectivity index (χ0v) is 21.9. The van der Waals surface area contributed by atoms with E-state index in [9.17, 15) is 14.4 Å². The van der Waals surface area contributed by atoms with Crippen LogP contribution in [0.15, 0.2) is 63.0 Å². The number of hydrogen-bond acceptors (Lipinski definition) is 8. The zero-order valence-electron chi connectivity index (χ0n) is 21.9. The number of aromatic nitrogens is 5. The lowest BCUT2D eigenvalue weighted by Gasteiger charge is -2.20. The van der Waals surface area contributed by atoms with Crippen molar-refractivity contribution in [2.45, 2.75) is 33.1 Å². The van der Waals surface area contributed by atoms with Crippen LogP contribution in [0.4, 0.5) is 15.9 Å². The molecule has 1 N–H and O–H groups in total. The molecule has 0 aliphatic carbocycles. The Morgan fingerprint density at radius 3 is 2.54 bits per heavy atom. The van der Waals surface area contributed by atoms with Crippen LogP contribution in [-0.4, -0.2) is 30.8 Å². The average molecular weight is 529 g/mol. The Bertz CT molecular complexity index is 1880. The molecule has 0 saturated carbocycles. The van der Waals surface area contributed by atoms with E-state index in [2.05, 4.69) is 20.6 Å². The van der Waals surface area contributed by atoms with E-state index in [0.29, 0.717) is 34.4 Å². The molecule has 4 aromatic heterocycles. The van der Waals surface area contributed by atoms with Crippen molar-refractivity contribution in [3.05, 3.63) is 92.3 Å². The van der Waals surface area contributed by atoms with Gasteiger partial charge in [-0.1, -0.05) is 25.9 Å². The highest BCUT2D eigenvalue weighted by atomic mass is 19.1. The Labute approximate surface area is 221 Å². The van der Waals surface area contributed by atoms with Gasteiger partial charge in [-0.3, -0.25) is 14.4 Å². The summed E-state index contributed by atoms with van der Waals surface area (Å²) < 4.78 is 22.5. The number of nitrogens with zero attached hydrogens (tertiary/aromatic N) is 5. The summed E-state index contributed by atoms with van der Waals surface area (Å²) in [6.45, 7) is 7.56. The minimum Gasteiger partial charge on any atom is -0.360 e. The molecular weight excluding hydrogens is 503 g/mol. The highest BCUT2D eigenvalue weighted by molar-refractivity contribution is 5.92. The molecule has 0 saturated heterocycles. The first-order chi connectivity index (χ1) is 18.5. The van der Waals surface area contributed by atoms with Crippen LogP contribution in [-0.2, 0) is 12.5 Å². The Balaban J connectivity index is 1.67. The molecule has 0 amide bonds. The summed E-state index contributed by atoms with van der Waals surface area (Å²) in [5.41, 5.74) is 0.417. The van der Waals surface area contributed by atoms with E-state index in [0.717, 1.165) is 10.2 Å². The number of benzene rings is 1. The van der Waals surface area contributed by atoms with Crippen LogP contribution in [0.2, 0.25) is 0 Å². The van der Waals surface area contributed by atoms with Crippen molar-refractivity contribution in [2.24, 2.45) is 7.05 Å². The maximum absolute atomic E-state index is 15.2. The lowest BCUT2D eigenvalue weighted by atomic mass is 9.86. The molecule has 5 rings (SSSR count). The van der Waals surface area contributed by atoms with Gasteiger partial charge in [0.1, 0.15) is 17.3 Å². The van der Waals surface area contributed by atoms with Gasteiger partial charge in [0.05, 0.1) is 17.1 Å².